The van der Waals surface area contributed by atoms with E-state index in [1.165, 1.54) is 0 Å². The molecule has 0 N–H and O–H groups in total. The van der Waals surface area contributed by atoms with Crippen LogP contribution in [-0.4, -0.2) is 13.2 Å². The summed E-state index contributed by atoms with van der Waals surface area (Å²) in [5.41, 5.74) is 2.56. The van der Waals surface area contributed by atoms with Gasteiger partial charge in [-0.1, -0.05) is 92.7 Å². The smallest absolute Gasteiger partial charge is 0.147 e. The van der Waals surface area contributed by atoms with Crippen LogP contribution in [0, 0.1) is 0 Å². The molecule has 3 rings (SSSR count). The third-order valence-corrected chi connectivity index (χ3v) is 4.61. The van der Waals surface area contributed by atoms with Gasteiger partial charge in [-0.25, -0.2) is 0 Å². The Morgan fingerprint density at radius 3 is 1.70 bits per heavy atom. The highest BCUT2D eigenvalue weighted by atomic mass is 16.5. The molecule has 0 saturated carbocycles. The summed E-state index contributed by atoms with van der Waals surface area (Å²) in [6, 6.07) is 29.2. The first-order chi connectivity index (χ1) is 13.3. The Labute approximate surface area is 162 Å². The fraction of sp³-hybridized carbons (Fsp3) is 0.280. The van der Waals surface area contributed by atoms with Crippen molar-refractivity contribution < 1.29 is 9.47 Å². The second kappa shape index (κ2) is 9.38. The number of rotatable bonds is 9. The van der Waals surface area contributed by atoms with Crippen LogP contribution in [0.25, 0.3) is 0 Å². The summed E-state index contributed by atoms with van der Waals surface area (Å²) in [7, 11) is 0. The molecule has 0 aromatic heterocycles. The fourth-order valence-corrected chi connectivity index (χ4v) is 3.42. The Morgan fingerprint density at radius 2 is 1.15 bits per heavy atom. The van der Waals surface area contributed by atoms with Crippen molar-refractivity contribution in [3.8, 4) is 5.75 Å². The first-order valence-corrected chi connectivity index (χ1v) is 9.80. The van der Waals surface area contributed by atoms with E-state index in [1.54, 1.807) is 0 Å². The molecule has 2 heteroatoms. The van der Waals surface area contributed by atoms with Crippen molar-refractivity contribution in [1.29, 1.82) is 0 Å². The SMILES string of the molecule is CCCOc1ccccc1C(OCCC)(c1ccccc1)c1ccccc1. The Kier molecular flexibility index (Phi) is 6.67. The van der Waals surface area contributed by atoms with Crippen LogP contribution >= 0.6 is 0 Å². The lowest BCUT2D eigenvalue weighted by Gasteiger charge is -2.36. The maximum atomic E-state index is 6.68. The van der Waals surface area contributed by atoms with Crippen molar-refractivity contribution in [3.05, 3.63) is 102 Å². The van der Waals surface area contributed by atoms with Crippen LogP contribution in [0.15, 0.2) is 84.9 Å². The van der Waals surface area contributed by atoms with Gasteiger partial charge in [-0.05, 0) is 30.0 Å². The van der Waals surface area contributed by atoms with E-state index >= 15 is 0 Å². The van der Waals surface area contributed by atoms with E-state index < -0.39 is 5.60 Å². The molecule has 0 fully saturated rings. The van der Waals surface area contributed by atoms with Crippen LogP contribution in [0.3, 0.4) is 0 Å². The van der Waals surface area contributed by atoms with Gasteiger partial charge in [-0.3, -0.25) is 0 Å². The summed E-state index contributed by atoms with van der Waals surface area (Å²) in [4.78, 5) is 0. The lowest BCUT2D eigenvalue weighted by molar-refractivity contribution is 0.0113. The molecule has 3 aromatic carbocycles. The summed E-state index contributed by atoms with van der Waals surface area (Å²) in [5.74, 6) is 0.878. The molecule has 0 aliphatic rings. The van der Waals surface area contributed by atoms with Crippen LogP contribution in [0.2, 0.25) is 0 Å². The molecule has 0 amide bonds. The van der Waals surface area contributed by atoms with Crippen molar-refractivity contribution in [1.82, 2.24) is 0 Å². The fourth-order valence-electron chi connectivity index (χ4n) is 3.42. The molecular weight excluding hydrogens is 332 g/mol. The second-order valence-electron chi connectivity index (χ2n) is 6.61. The van der Waals surface area contributed by atoms with E-state index in [1.807, 2.05) is 24.3 Å². The highest BCUT2D eigenvalue weighted by molar-refractivity contribution is 5.52. The topological polar surface area (TPSA) is 18.5 Å². The summed E-state index contributed by atoms with van der Waals surface area (Å²) < 4.78 is 12.8. The molecule has 0 spiro atoms. The van der Waals surface area contributed by atoms with Gasteiger partial charge in [-0.15, -0.1) is 0 Å². The molecule has 0 heterocycles. The van der Waals surface area contributed by atoms with E-state index in [4.69, 9.17) is 9.47 Å². The van der Waals surface area contributed by atoms with Gasteiger partial charge in [0.2, 0.25) is 0 Å². The van der Waals surface area contributed by atoms with Crippen LogP contribution in [-0.2, 0) is 10.3 Å². The zero-order valence-electron chi connectivity index (χ0n) is 16.2. The molecular formula is C25H28O2. The van der Waals surface area contributed by atoms with E-state index in [-0.39, 0.29) is 0 Å². The zero-order chi connectivity index (χ0) is 19.0. The Bertz CT molecular complexity index is 772. The minimum atomic E-state index is -0.705. The number of para-hydroxylation sites is 1. The van der Waals surface area contributed by atoms with Gasteiger partial charge in [-0.2, -0.15) is 0 Å². The Hall–Kier alpha value is -2.58. The predicted molar refractivity (Wildman–Crippen MR) is 111 cm³/mol. The van der Waals surface area contributed by atoms with Crippen LogP contribution in [0.5, 0.6) is 5.75 Å². The minimum Gasteiger partial charge on any atom is -0.493 e. The summed E-state index contributed by atoms with van der Waals surface area (Å²) in [6.45, 7) is 5.61. The average molecular weight is 360 g/mol. The highest BCUT2D eigenvalue weighted by Crippen LogP contribution is 2.44. The Morgan fingerprint density at radius 1 is 0.630 bits per heavy atom. The van der Waals surface area contributed by atoms with Gasteiger partial charge >= 0.3 is 0 Å². The number of hydrogen-bond donors (Lipinski definition) is 0. The van der Waals surface area contributed by atoms with Gasteiger partial charge in [0, 0.05) is 12.2 Å². The molecule has 27 heavy (non-hydrogen) atoms. The number of ether oxygens (including phenoxy) is 2. The standard InChI is InChI=1S/C25H28O2/c1-3-19-26-24-18-12-11-17-23(24)25(27-20-4-2,21-13-7-5-8-14-21)22-15-9-6-10-16-22/h5-18H,3-4,19-20H2,1-2H3. The largest absolute Gasteiger partial charge is 0.493 e. The molecule has 140 valence electrons. The second-order valence-corrected chi connectivity index (χ2v) is 6.61. The van der Waals surface area contributed by atoms with E-state index in [0.717, 1.165) is 35.3 Å². The summed E-state index contributed by atoms with van der Waals surface area (Å²) >= 11 is 0. The lowest BCUT2D eigenvalue weighted by atomic mass is 9.79. The third kappa shape index (κ3) is 4.06. The van der Waals surface area contributed by atoms with Gasteiger partial charge in [0.1, 0.15) is 11.4 Å². The average Bonchev–Trinajstić information content (AvgIpc) is 2.75. The van der Waals surface area contributed by atoms with Gasteiger partial charge in [0.25, 0.3) is 0 Å². The first kappa shape index (κ1) is 19.2. The Balaban J connectivity index is 2.27. The predicted octanol–water partition coefficient (Wildman–Crippen LogP) is 6.19. The van der Waals surface area contributed by atoms with Crippen LogP contribution in [0.1, 0.15) is 43.4 Å². The van der Waals surface area contributed by atoms with Crippen molar-refractivity contribution in [3.63, 3.8) is 0 Å². The van der Waals surface area contributed by atoms with Crippen molar-refractivity contribution >= 4 is 0 Å². The minimum absolute atomic E-state index is 0.659. The molecule has 0 aliphatic heterocycles. The van der Waals surface area contributed by atoms with Crippen molar-refractivity contribution in [2.24, 2.45) is 0 Å². The number of hydrogen-bond acceptors (Lipinski definition) is 2. The maximum absolute atomic E-state index is 6.68. The third-order valence-electron chi connectivity index (χ3n) is 4.61. The lowest BCUT2D eigenvalue weighted by Crippen LogP contribution is -2.33. The molecule has 0 radical (unpaired) electrons. The molecule has 0 saturated heterocycles. The zero-order valence-corrected chi connectivity index (χ0v) is 16.2. The molecule has 2 nitrogen and oxygen atoms in total. The van der Waals surface area contributed by atoms with E-state index in [2.05, 4.69) is 74.5 Å². The van der Waals surface area contributed by atoms with Gasteiger partial charge in [0.15, 0.2) is 0 Å². The number of benzene rings is 3. The van der Waals surface area contributed by atoms with Crippen molar-refractivity contribution in [2.75, 3.05) is 13.2 Å². The maximum Gasteiger partial charge on any atom is 0.147 e. The molecule has 0 unspecified atom stereocenters. The molecule has 0 bridgehead atoms. The first-order valence-electron chi connectivity index (χ1n) is 9.80. The van der Waals surface area contributed by atoms with Crippen molar-refractivity contribution in [2.45, 2.75) is 32.3 Å². The highest BCUT2D eigenvalue weighted by Gasteiger charge is 2.39. The summed E-state index contributed by atoms with van der Waals surface area (Å²) in [5, 5.41) is 0. The monoisotopic (exact) mass is 360 g/mol. The molecule has 0 aliphatic carbocycles. The molecule has 3 aromatic rings. The normalized spacial score (nSPS) is 11.3. The van der Waals surface area contributed by atoms with E-state index in [9.17, 15) is 0 Å². The van der Waals surface area contributed by atoms with Gasteiger partial charge < -0.3 is 9.47 Å². The van der Waals surface area contributed by atoms with E-state index in [0.29, 0.717) is 13.2 Å². The van der Waals surface area contributed by atoms with Crippen LogP contribution in [0.4, 0.5) is 0 Å². The van der Waals surface area contributed by atoms with Gasteiger partial charge in [0.05, 0.1) is 6.61 Å². The van der Waals surface area contributed by atoms with Crippen LogP contribution < -0.4 is 4.74 Å². The quantitative estimate of drug-likeness (QED) is 0.423. The molecule has 0 atom stereocenters. The summed E-state index contributed by atoms with van der Waals surface area (Å²) in [6.07, 6.45) is 1.91.